The SMILES string of the molecule is COc1ccc(C(CC2(OC)CCC2)NN)c(OC)c1. The number of hydrogen-bond donors (Lipinski definition) is 2. The lowest BCUT2D eigenvalue weighted by molar-refractivity contribution is -0.0839. The fraction of sp³-hybridized carbons (Fsp3) is 0.600. The molecule has 1 unspecified atom stereocenters. The maximum atomic E-state index is 5.75. The van der Waals surface area contributed by atoms with Crippen LogP contribution in [0.3, 0.4) is 0 Å². The Morgan fingerprint density at radius 2 is 2.00 bits per heavy atom. The Balaban J connectivity index is 2.22. The van der Waals surface area contributed by atoms with Gasteiger partial charge in [0.1, 0.15) is 11.5 Å². The molecular formula is C15H24N2O3. The summed E-state index contributed by atoms with van der Waals surface area (Å²) in [6, 6.07) is 5.78. The lowest BCUT2D eigenvalue weighted by Crippen LogP contribution is -2.44. The van der Waals surface area contributed by atoms with Crippen molar-refractivity contribution >= 4 is 0 Å². The standard InChI is InChI=1S/C15H24N2O3/c1-18-11-5-6-12(14(9-11)19-2)13(17-16)10-15(20-3)7-4-8-15/h5-6,9,13,17H,4,7-8,10,16H2,1-3H3. The van der Waals surface area contributed by atoms with Crippen molar-refractivity contribution in [3.63, 3.8) is 0 Å². The summed E-state index contributed by atoms with van der Waals surface area (Å²) in [4.78, 5) is 0. The second-order valence-corrected chi connectivity index (χ2v) is 5.27. The van der Waals surface area contributed by atoms with E-state index in [-0.39, 0.29) is 11.6 Å². The molecule has 0 aliphatic heterocycles. The van der Waals surface area contributed by atoms with Gasteiger partial charge in [-0.25, -0.2) is 0 Å². The molecule has 0 spiro atoms. The van der Waals surface area contributed by atoms with Crippen molar-refractivity contribution in [1.29, 1.82) is 0 Å². The van der Waals surface area contributed by atoms with Gasteiger partial charge in [-0.05, 0) is 31.7 Å². The smallest absolute Gasteiger partial charge is 0.127 e. The lowest BCUT2D eigenvalue weighted by atomic mass is 9.74. The third kappa shape index (κ3) is 2.90. The van der Waals surface area contributed by atoms with Crippen LogP contribution in [0.2, 0.25) is 0 Å². The molecule has 1 fully saturated rings. The normalized spacial score (nSPS) is 18.2. The van der Waals surface area contributed by atoms with Gasteiger partial charge >= 0.3 is 0 Å². The minimum absolute atomic E-state index is 0.00361. The van der Waals surface area contributed by atoms with Gasteiger partial charge in [0.05, 0.1) is 25.9 Å². The van der Waals surface area contributed by atoms with Crippen molar-refractivity contribution in [3.05, 3.63) is 23.8 Å². The second kappa shape index (κ2) is 6.43. The molecule has 1 saturated carbocycles. The maximum Gasteiger partial charge on any atom is 0.127 e. The Morgan fingerprint density at radius 3 is 2.45 bits per heavy atom. The molecule has 5 heteroatoms. The van der Waals surface area contributed by atoms with Crippen molar-refractivity contribution in [3.8, 4) is 11.5 Å². The van der Waals surface area contributed by atoms with E-state index in [0.29, 0.717) is 0 Å². The molecule has 0 bridgehead atoms. The number of rotatable bonds is 7. The van der Waals surface area contributed by atoms with Crippen LogP contribution in [0.5, 0.6) is 11.5 Å². The number of hydrazine groups is 1. The molecule has 1 aliphatic carbocycles. The predicted molar refractivity (Wildman–Crippen MR) is 77.8 cm³/mol. The molecule has 0 amide bonds. The second-order valence-electron chi connectivity index (χ2n) is 5.27. The van der Waals surface area contributed by atoms with Crippen LogP contribution < -0.4 is 20.7 Å². The van der Waals surface area contributed by atoms with E-state index in [1.54, 1.807) is 21.3 Å². The number of ether oxygens (including phenoxy) is 3. The van der Waals surface area contributed by atoms with Crippen molar-refractivity contribution in [2.24, 2.45) is 5.84 Å². The Kier molecular flexibility index (Phi) is 4.86. The van der Waals surface area contributed by atoms with Crippen LogP contribution in [0.25, 0.3) is 0 Å². The van der Waals surface area contributed by atoms with Gasteiger partial charge in [-0.2, -0.15) is 0 Å². The number of hydrogen-bond acceptors (Lipinski definition) is 5. The first kappa shape index (κ1) is 15.1. The van der Waals surface area contributed by atoms with Gasteiger partial charge < -0.3 is 14.2 Å². The molecule has 0 heterocycles. The lowest BCUT2D eigenvalue weighted by Gasteiger charge is -2.42. The predicted octanol–water partition coefficient (Wildman–Crippen LogP) is 2.17. The van der Waals surface area contributed by atoms with E-state index in [1.165, 1.54) is 6.42 Å². The third-order valence-corrected chi connectivity index (χ3v) is 4.29. The van der Waals surface area contributed by atoms with E-state index >= 15 is 0 Å². The Hall–Kier alpha value is -1.30. The number of nitrogens with one attached hydrogen (secondary N) is 1. The van der Waals surface area contributed by atoms with Crippen LogP contribution in [0.15, 0.2) is 18.2 Å². The highest BCUT2D eigenvalue weighted by atomic mass is 16.5. The Bertz CT molecular complexity index is 441. The highest BCUT2D eigenvalue weighted by molar-refractivity contribution is 5.42. The van der Waals surface area contributed by atoms with Gasteiger partial charge in [0.25, 0.3) is 0 Å². The summed E-state index contributed by atoms with van der Waals surface area (Å²) >= 11 is 0. The summed E-state index contributed by atoms with van der Waals surface area (Å²) < 4.78 is 16.4. The maximum absolute atomic E-state index is 5.75. The average molecular weight is 280 g/mol. The monoisotopic (exact) mass is 280 g/mol. The van der Waals surface area contributed by atoms with E-state index < -0.39 is 0 Å². The number of nitrogens with two attached hydrogens (primary N) is 1. The summed E-state index contributed by atoms with van der Waals surface area (Å²) in [5, 5.41) is 0. The van der Waals surface area contributed by atoms with E-state index in [9.17, 15) is 0 Å². The zero-order valence-electron chi connectivity index (χ0n) is 12.4. The van der Waals surface area contributed by atoms with Gasteiger partial charge in [-0.3, -0.25) is 11.3 Å². The van der Waals surface area contributed by atoms with Crippen LogP contribution in [-0.2, 0) is 4.74 Å². The summed E-state index contributed by atoms with van der Waals surface area (Å²) in [5.41, 5.74) is 3.86. The topological polar surface area (TPSA) is 65.7 Å². The van der Waals surface area contributed by atoms with Gasteiger partial charge in [0.15, 0.2) is 0 Å². The fourth-order valence-electron chi connectivity index (χ4n) is 2.80. The van der Waals surface area contributed by atoms with E-state index in [4.69, 9.17) is 20.1 Å². The first-order valence-corrected chi connectivity index (χ1v) is 6.91. The summed E-state index contributed by atoms with van der Waals surface area (Å²) in [7, 11) is 5.07. The van der Waals surface area contributed by atoms with Gasteiger partial charge in [-0.1, -0.05) is 6.07 Å². The van der Waals surface area contributed by atoms with Crippen LogP contribution >= 0.6 is 0 Å². The van der Waals surface area contributed by atoms with Crippen LogP contribution in [0.4, 0.5) is 0 Å². The zero-order chi connectivity index (χ0) is 14.6. The molecule has 0 aromatic heterocycles. The Labute approximate surface area is 120 Å². The minimum Gasteiger partial charge on any atom is -0.497 e. The first-order valence-electron chi connectivity index (χ1n) is 6.91. The first-order chi connectivity index (χ1) is 9.68. The summed E-state index contributed by atoms with van der Waals surface area (Å²) in [5.74, 6) is 7.29. The molecule has 5 nitrogen and oxygen atoms in total. The molecule has 1 aromatic rings. The molecule has 1 aromatic carbocycles. The van der Waals surface area contributed by atoms with E-state index in [1.807, 2.05) is 18.2 Å². The molecule has 3 N–H and O–H groups in total. The molecule has 0 radical (unpaired) electrons. The molecule has 0 saturated heterocycles. The molecular weight excluding hydrogens is 256 g/mol. The van der Waals surface area contributed by atoms with E-state index in [2.05, 4.69) is 5.43 Å². The molecule has 20 heavy (non-hydrogen) atoms. The minimum atomic E-state index is -0.0536. The zero-order valence-corrected chi connectivity index (χ0v) is 12.4. The quantitative estimate of drug-likeness (QED) is 0.592. The van der Waals surface area contributed by atoms with Crippen molar-refractivity contribution < 1.29 is 14.2 Å². The highest BCUT2D eigenvalue weighted by Crippen LogP contribution is 2.43. The average Bonchev–Trinajstić information content (AvgIpc) is 2.46. The molecule has 112 valence electrons. The van der Waals surface area contributed by atoms with Gasteiger partial charge in [0, 0.05) is 18.7 Å². The largest absolute Gasteiger partial charge is 0.497 e. The number of benzene rings is 1. The molecule has 1 atom stereocenters. The van der Waals surface area contributed by atoms with Crippen molar-refractivity contribution in [2.45, 2.75) is 37.3 Å². The molecule has 2 rings (SSSR count). The van der Waals surface area contributed by atoms with Gasteiger partial charge in [-0.15, -0.1) is 0 Å². The Morgan fingerprint density at radius 1 is 1.25 bits per heavy atom. The summed E-state index contributed by atoms with van der Waals surface area (Å²) in [6.07, 6.45) is 4.22. The fourth-order valence-corrected chi connectivity index (χ4v) is 2.80. The molecule has 1 aliphatic rings. The van der Waals surface area contributed by atoms with Crippen LogP contribution in [-0.4, -0.2) is 26.9 Å². The third-order valence-electron chi connectivity index (χ3n) is 4.29. The van der Waals surface area contributed by atoms with Crippen molar-refractivity contribution in [2.75, 3.05) is 21.3 Å². The van der Waals surface area contributed by atoms with Crippen LogP contribution in [0.1, 0.15) is 37.3 Å². The number of methoxy groups -OCH3 is 3. The highest BCUT2D eigenvalue weighted by Gasteiger charge is 2.39. The van der Waals surface area contributed by atoms with E-state index in [0.717, 1.165) is 36.3 Å². The van der Waals surface area contributed by atoms with Crippen molar-refractivity contribution in [1.82, 2.24) is 5.43 Å². The van der Waals surface area contributed by atoms with Gasteiger partial charge in [0.2, 0.25) is 0 Å². The summed E-state index contributed by atoms with van der Waals surface area (Å²) in [6.45, 7) is 0. The van der Waals surface area contributed by atoms with Crippen LogP contribution in [0, 0.1) is 0 Å².